The van der Waals surface area contributed by atoms with Gasteiger partial charge in [0.2, 0.25) is 0 Å². The molecular weight excluding hydrogens is 833 g/mol. The summed E-state index contributed by atoms with van der Waals surface area (Å²) in [6, 6.07) is 0. The van der Waals surface area contributed by atoms with Gasteiger partial charge in [0.05, 0.1) is 65.2 Å². The number of aromatic nitrogens is 2. The first-order chi connectivity index (χ1) is 32.3. The summed E-state index contributed by atoms with van der Waals surface area (Å²) in [7, 11) is 4.10. The van der Waals surface area contributed by atoms with Gasteiger partial charge in [-0.25, -0.2) is 0 Å². The topological polar surface area (TPSA) is 114 Å². The maximum absolute atomic E-state index is 13.3. The Morgan fingerprint density at radius 2 is 0.848 bits per heavy atom. The Bertz CT molecular complexity index is 1100. The van der Waals surface area contributed by atoms with Gasteiger partial charge < -0.3 is 33.3 Å². The van der Waals surface area contributed by atoms with E-state index in [2.05, 4.69) is 62.9 Å². The van der Waals surface area contributed by atoms with Crippen molar-refractivity contribution in [2.45, 2.75) is 208 Å². The van der Waals surface area contributed by atoms with Gasteiger partial charge in [0.15, 0.2) is 0 Å². The molecule has 0 N–H and O–H groups in total. The van der Waals surface area contributed by atoms with Gasteiger partial charge in [-0.3, -0.25) is 19.2 Å². The van der Waals surface area contributed by atoms with E-state index in [1.807, 2.05) is 10.9 Å². The minimum atomic E-state index is -0.258. The number of rotatable bonds is 51. The van der Waals surface area contributed by atoms with Crippen molar-refractivity contribution in [2.75, 3.05) is 99.8 Å². The number of esters is 2. The molecule has 0 aliphatic carbocycles. The smallest absolute Gasteiger partial charge is 0.307 e. The van der Waals surface area contributed by atoms with Gasteiger partial charge in [0.1, 0.15) is 0 Å². The molecule has 12 heteroatoms. The maximum Gasteiger partial charge on any atom is 0.307 e. The van der Waals surface area contributed by atoms with Crippen molar-refractivity contribution in [3.8, 4) is 0 Å². The summed E-state index contributed by atoms with van der Waals surface area (Å²) < 4.78 is 38.0. The van der Waals surface area contributed by atoms with E-state index in [0.29, 0.717) is 46.1 Å². The number of unbranched alkanes of at least 4 members (excludes halogenated alkanes) is 20. The fourth-order valence-electron chi connectivity index (χ4n) is 7.73. The molecule has 0 saturated carbocycles. The van der Waals surface area contributed by atoms with Crippen molar-refractivity contribution in [3.05, 3.63) is 18.0 Å². The molecule has 0 aliphatic rings. The van der Waals surface area contributed by atoms with Crippen molar-refractivity contribution in [1.29, 1.82) is 0 Å². The Balaban J connectivity index is 2.79. The average molecular weight is 937 g/mol. The van der Waals surface area contributed by atoms with Crippen LogP contribution in [0.25, 0.3) is 0 Å². The standard InChI is InChI=1S/C54H104N4O8/c1-7-11-15-19-23-27-37-61-44-51(45-62-38-28-24-20-16-12-8-2)48-65-53(59)31-33-57(42-50-41-55-58(43-50)36-35-56(5)6)34-32-54(60)66-49-52(46-63-39-29-25-21-17-13-9-3)47-64-40-30-26-22-18-14-10-4/h41,43,51-52H,7-40,42,44-49H2,1-6H3. The molecule has 1 aromatic heterocycles. The van der Waals surface area contributed by atoms with Crippen molar-refractivity contribution >= 4 is 11.9 Å². The molecule has 1 heterocycles. The first-order valence-corrected chi connectivity index (χ1v) is 27.3. The Kier molecular flexibility index (Phi) is 43.8. The normalized spacial score (nSPS) is 11.8. The van der Waals surface area contributed by atoms with Gasteiger partial charge in [-0.2, -0.15) is 5.10 Å². The highest BCUT2D eigenvalue weighted by atomic mass is 16.5. The van der Waals surface area contributed by atoms with Crippen molar-refractivity contribution in [2.24, 2.45) is 11.8 Å². The lowest BCUT2D eigenvalue weighted by atomic mass is 10.1. The number of hydrogen-bond acceptors (Lipinski definition) is 11. The number of hydrogen-bond donors (Lipinski definition) is 0. The van der Waals surface area contributed by atoms with Crippen molar-refractivity contribution in [3.63, 3.8) is 0 Å². The lowest BCUT2D eigenvalue weighted by molar-refractivity contribution is -0.147. The van der Waals surface area contributed by atoms with E-state index in [-0.39, 0.29) is 49.8 Å². The lowest BCUT2D eigenvalue weighted by Crippen LogP contribution is -2.31. The first kappa shape index (κ1) is 61.9. The molecule has 0 radical (unpaired) electrons. The molecule has 388 valence electrons. The highest BCUT2D eigenvalue weighted by Crippen LogP contribution is 2.13. The number of carbonyl (C=O) groups excluding carboxylic acids is 2. The number of ether oxygens (including phenoxy) is 6. The molecule has 0 amide bonds. The van der Waals surface area contributed by atoms with Crippen LogP contribution in [0.3, 0.4) is 0 Å². The minimum absolute atomic E-state index is 0.0151. The molecule has 66 heavy (non-hydrogen) atoms. The monoisotopic (exact) mass is 937 g/mol. The largest absolute Gasteiger partial charge is 0.465 e. The molecule has 1 aromatic rings. The fourth-order valence-corrected chi connectivity index (χ4v) is 7.73. The highest BCUT2D eigenvalue weighted by Gasteiger charge is 2.18. The second kappa shape index (κ2) is 46.6. The molecule has 0 bridgehead atoms. The third-order valence-electron chi connectivity index (χ3n) is 12.1. The maximum atomic E-state index is 13.3. The SMILES string of the molecule is CCCCCCCCOCC(COCCCCCCCC)COC(=O)CCN(CCC(=O)OCC(COCCCCCCCC)COCCCCCCCC)Cc1cnn(CCN(C)C)c1. The Morgan fingerprint density at radius 1 is 0.500 bits per heavy atom. The Morgan fingerprint density at radius 3 is 1.20 bits per heavy atom. The van der Waals surface area contributed by atoms with Gasteiger partial charge in [-0.05, 0) is 39.8 Å². The van der Waals surface area contributed by atoms with E-state index in [9.17, 15) is 9.59 Å². The zero-order chi connectivity index (χ0) is 48.0. The zero-order valence-electron chi connectivity index (χ0n) is 43.9. The van der Waals surface area contributed by atoms with Gasteiger partial charge in [-0.1, -0.05) is 156 Å². The van der Waals surface area contributed by atoms with Gasteiger partial charge in [0.25, 0.3) is 0 Å². The van der Waals surface area contributed by atoms with E-state index in [4.69, 9.17) is 28.4 Å². The fraction of sp³-hybridized carbons (Fsp3) is 0.907. The molecule has 0 saturated heterocycles. The van der Waals surface area contributed by atoms with Crippen LogP contribution in [0.4, 0.5) is 0 Å². The van der Waals surface area contributed by atoms with E-state index in [1.54, 1.807) is 0 Å². The minimum Gasteiger partial charge on any atom is -0.465 e. The quantitative estimate of drug-likeness (QED) is 0.0459. The van der Waals surface area contributed by atoms with Gasteiger partial charge in [0, 0.05) is 76.2 Å². The molecule has 0 atom stereocenters. The molecule has 0 aliphatic heterocycles. The predicted molar refractivity (Wildman–Crippen MR) is 271 cm³/mol. The predicted octanol–water partition coefficient (Wildman–Crippen LogP) is 11.9. The number of nitrogens with zero attached hydrogens (tertiary/aromatic N) is 4. The van der Waals surface area contributed by atoms with Crippen LogP contribution in [-0.2, 0) is 51.1 Å². The van der Waals surface area contributed by atoms with E-state index in [1.165, 1.54) is 128 Å². The Labute approximate surface area is 405 Å². The summed E-state index contributed by atoms with van der Waals surface area (Å²) in [6.45, 7) is 17.6. The second-order valence-electron chi connectivity index (χ2n) is 19.2. The van der Waals surface area contributed by atoms with Crippen LogP contribution in [0.2, 0.25) is 0 Å². The molecule has 0 spiro atoms. The Hall–Kier alpha value is -2.09. The van der Waals surface area contributed by atoms with E-state index in [0.717, 1.165) is 70.8 Å². The molecule has 1 rings (SSSR count). The average Bonchev–Trinajstić information content (AvgIpc) is 3.77. The van der Waals surface area contributed by atoms with Crippen LogP contribution < -0.4 is 0 Å². The summed E-state index contributed by atoms with van der Waals surface area (Å²) in [6.07, 6.45) is 33.6. The third-order valence-corrected chi connectivity index (χ3v) is 12.1. The summed E-state index contributed by atoms with van der Waals surface area (Å²) in [5.74, 6) is -0.547. The summed E-state index contributed by atoms with van der Waals surface area (Å²) in [5, 5.41) is 4.57. The van der Waals surface area contributed by atoms with Crippen LogP contribution in [-0.4, -0.2) is 131 Å². The highest BCUT2D eigenvalue weighted by molar-refractivity contribution is 5.70. The zero-order valence-corrected chi connectivity index (χ0v) is 43.9. The van der Waals surface area contributed by atoms with E-state index < -0.39 is 0 Å². The molecule has 0 aromatic carbocycles. The van der Waals surface area contributed by atoms with E-state index >= 15 is 0 Å². The third kappa shape index (κ3) is 39.9. The van der Waals surface area contributed by atoms with Crippen LogP contribution in [0.1, 0.15) is 200 Å². The summed E-state index contributed by atoms with van der Waals surface area (Å²) in [4.78, 5) is 30.8. The van der Waals surface area contributed by atoms with Crippen LogP contribution >= 0.6 is 0 Å². The van der Waals surface area contributed by atoms with Crippen LogP contribution in [0.15, 0.2) is 12.4 Å². The molecule has 0 fully saturated rings. The second-order valence-corrected chi connectivity index (χ2v) is 19.2. The van der Waals surface area contributed by atoms with Crippen LogP contribution in [0, 0.1) is 11.8 Å². The number of carbonyl (C=O) groups is 2. The first-order valence-electron chi connectivity index (χ1n) is 27.3. The van der Waals surface area contributed by atoms with Crippen molar-refractivity contribution in [1.82, 2.24) is 19.6 Å². The van der Waals surface area contributed by atoms with Gasteiger partial charge in [-0.15, -0.1) is 0 Å². The van der Waals surface area contributed by atoms with Gasteiger partial charge >= 0.3 is 11.9 Å². The lowest BCUT2D eigenvalue weighted by Gasteiger charge is -2.22. The number of likely N-dealkylation sites (N-methyl/N-ethyl adjacent to an activating group) is 1. The summed E-state index contributed by atoms with van der Waals surface area (Å²) >= 11 is 0. The van der Waals surface area contributed by atoms with Crippen molar-refractivity contribution < 1.29 is 38.0 Å². The molecule has 12 nitrogen and oxygen atoms in total. The van der Waals surface area contributed by atoms with Crippen LogP contribution in [0.5, 0.6) is 0 Å². The molecular formula is C54H104N4O8. The molecule has 0 unspecified atom stereocenters. The summed E-state index contributed by atoms with van der Waals surface area (Å²) in [5.41, 5.74) is 1.03.